The second kappa shape index (κ2) is 14.2. The quantitative estimate of drug-likeness (QED) is 0.209. The van der Waals surface area contributed by atoms with Crippen molar-refractivity contribution >= 4 is 23.7 Å². The van der Waals surface area contributed by atoms with E-state index in [1.54, 1.807) is 13.8 Å². The predicted octanol–water partition coefficient (Wildman–Crippen LogP) is -0.0997. The van der Waals surface area contributed by atoms with Crippen molar-refractivity contribution in [1.29, 1.82) is 0 Å². The van der Waals surface area contributed by atoms with E-state index in [4.69, 9.17) is 16.6 Å². The number of carbonyl (C=O) groups excluding carboxylic acids is 3. The molecule has 0 fully saturated rings. The molecule has 0 bridgehead atoms. The van der Waals surface area contributed by atoms with Crippen molar-refractivity contribution in [2.75, 3.05) is 6.54 Å². The number of carboxylic acid groups (broad SMARTS) is 1. The smallest absolute Gasteiger partial charge is 0.325 e. The molecule has 0 aliphatic heterocycles. The van der Waals surface area contributed by atoms with E-state index in [-0.39, 0.29) is 12.3 Å². The fourth-order valence-corrected chi connectivity index (χ4v) is 3.13. The highest BCUT2D eigenvalue weighted by Crippen LogP contribution is 2.08. The Morgan fingerprint density at radius 3 is 2.09 bits per heavy atom. The lowest BCUT2D eigenvalue weighted by atomic mass is 10.00. The SMILES string of the molecule is CC(NC(=O)C(NC(=O)C(Cc1ccccc1)NC(=O)C(N)CCCCN)C(C)C)C(=O)O. The molecule has 3 amide bonds. The predicted molar refractivity (Wildman–Crippen MR) is 125 cm³/mol. The van der Waals surface area contributed by atoms with Gasteiger partial charge in [0.25, 0.3) is 0 Å². The number of aliphatic carboxylic acids is 1. The fourth-order valence-electron chi connectivity index (χ4n) is 3.13. The van der Waals surface area contributed by atoms with Gasteiger partial charge in [0.05, 0.1) is 6.04 Å². The van der Waals surface area contributed by atoms with Crippen molar-refractivity contribution in [3.05, 3.63) is 35.9 Å². The van der Waals surface area contributed by atoms with Gasteiger partial charge in [-0.05, 0) is 37.8 Å². The lowest BCUT2D eigenvalue weighted by Crippen LogP contribution is -2.58. The van der Waals surface area contributed by atoms with Gasteiger partial charge in [-0.15, -0.1) is 0 Å². The van der Waals surface area contributed by atoms with Crippen LogP contribution in [0.4, 0.5) is 0 Å². The van der Waals surface area contributed by atoms with Crippen molar-refractivity contribution in [2.24, 2.45) is 17.4 Å². The molecule has 0 saturated carbocycles. The molecule has 0 spiro atoms. The van der Waals surface area contributed by atoms with Crippen molar-refractivity contribution < 1.29 is 24.3 Å². The van der Waals surface area contributed by atoms with Crippen LogP contribution in [0.15, 0.2) is 30.3 Å². The third-order valence-electron chi connectivity index (χ3n) is 5.20. The average Bonchev–Trinajstić information content (AvgIpc) is 2.77. The van der Waals surface area contributed by atoms with Crippen LogP contribution in [0.5, 0.6) is 0 Å². The number of benzene rings is 1. The van der Waals surface area contributed by atoms with E-state index in [1.165, 1.54) is 6.92 Å². The van der Waals surface area contributed by atoms with E-state index >= 15 is 0 Å². The van der Waals surface area contributed by atoms with Gasteiger partial charge in [-0.3, -0.25) is 19.2 Å². The minimum atomic E-state index is -1.19. The molecule has 0 aliphatic carbocycles. The molecule has 184 valence electrons. The average molecular weight is 464 g/mol. The molecule has 4 atom stereocenters. The number of hydrogen-bond acceptors (Lipinski definition) is 6. The van der Waals surface area contributed by atoms with Gasteiger partial charge in [-0.2, -0.15) is 0 Å². The molecule has 8 N–H and O–H groups in total. The van der Waals surface area contributed by atoms with Crippen molar-refractivity contribution in [3.8, 4) is 0 Å². The number of rotatable bonds is 14. The first-order chi connectivity index (χ1) is 15.6. The van der Waals surface area contributed by atoms with Crippen LogP contribution >= 0.6 is 0 Å². The Hall–Kier alpha value is -2.98. The van der Waals surface area contributed by atoms with Gasteiger partial charge in [0.15, 0.2) is 0 Å². The van der Waals surface area contributed by atoms with E-state index in [0.29, 0.717) is 19.4 Å². The first-order valence-electron chi connectivity index (χ1n) is 11.2. The van der Waals surface area contributed by atoms with E-state index < -0.39 is 47.9 Å². The number of unbranched alkanes of at least 4 members (excludes halogenated alkanes) is 1. The summed E-state index contributed by atoms with van der Waals surface area (Å²) in [6.07, 6.45) is 2.07. The molecular formula is C23H37N5O5. The summed E-state index contributed by atoms with van der Waals surface area (Å²) in [6, 6.07) is 5.30. The normalized spacial score (nSPS) is 14.6. The summed E-state index contributed by atoms with van der Waals surface area (Å²) >= 11 is 0. The molecule has 0 heterocycles. The summed E-state index contributed by atoms with van der Waals surface area (Å²) in [4.78, 5) is 49.4. The zero-order valence-corrected chi connectivity index (χ0v) is 19.5. The van der Waals surface area contributed by atoms with Gasteiger partial charge in [0.2, 0.25) is 17.7 Å². The van der Waals surface area contributed by atoms with Gasteiger partial charge in [-0.1, -0.05) is 50.6 Å². The third kappa shape index (κ3) is 10.0. The Morgan fingerprint density at radius 1 is 0.909 bits per heavy atom. The summed E-state index contributed by atoms with van der Waals surface area (Å²) in [5.74, 6) is -3.14. The second-order valence-corrected chi connectivity index (χ2v) is 8.44. The Labute approximate surface area is 194 Å². The molecule has 10 heteroatoms. The Morgan fingerprint density at radius 2 is 1.55 bits per heavy atom. The van der Waals surface area contributed by atoms with Gasteiger partial charge >= 0.3 is 5.97 Å². The molecule has 1 aromatic carbocycles. The zero-order chi connectivity index (χ0) is 25.0. The number of hydrogen-bond donors (Lipinski definition) is 6. The molecule has 1 rings (SSSR count). The summed E-state index contributed by atoms with van der Waals surface area (Å²) in [5.41, 5.74) is 12.3. The van der Waals surface area contributed by atoms with Crippen LogP contribution in [0, 0.1) is 5.92 Å². The highest BCUT2D eigenvalue weighted by atomic mass is 16.4. The van der Waals surface area contributed by atoms with Crippen LogP contribution in [0.3, 0.4) is 0 Å². The summed E-state index contributed by atoms with van der Waals surface area (Å²) in [7, 11) is 0. The maximum atomic E-state index is 13.1. The van der Waals surface area contributed by atoms with Crippen LogP contribution in [-0.2, 0) is 25.6 Å². The number of nitrogens with one attached hydrogen (secondary N) is 3. The van der Waals surface area contributed by atoms with Gasteiger partial charge in [-0.25, -0.2) is 0 Å². The highest BCUT2D eigenvalue weighted by Gasteiger charge is 2.31. The molecular weight excluding hydrogens is 426 g/mol. The summed E-state index contributed by atoms with van der Waals surface area (Å²) in [5, 5.41) is 16.8. The zero-order valence-electron chi connectivity index (χ0n) is 19.5. The standard InChI is InChI=1S/C23H37N5O5/c1-14(2)19(22(31)26-15(3)23(32)33)28-21(30)18(13-16-9-5-4-6-10-16)27-20(29)17(25)11-7-8-12-24/h4-6,9-10,14-15,17-19H,7-8,11-13,24-25H2,1-3H3,(H,26,31)(H,27,29)(H,28,30)(H,32,33). The van der Waals surface area contributed by atoms with Crippen molar-refractivity contribution in [1.82, 2.24) is 16.0 Å². The number of amides is 3. The van der Waals surface area contributed by atoms with E-state index in [2.05, 4.69) is 16.0 Å². The van der Waals surface area contributed by atoms with Gasteiger partial charge in [0.1, 0.15) is 18.1 Å². The molecule has 4 unspecified atom stereocenters. The van der Waals surface area contributed by atoms with Crippen LogP contribution < -0.4 is 27.4 Å². The molecule has 0 aromatic heterocycles. The molecule has 0 aliphatic rings. The monoisotopic (exact) mass is 463 g/mol. The van der Waals surface area contributed by atoms with E-state index in [0.717, 1.165) is 12.0 Å². The van der Waals surface area contributed by atoms with Gasteiger partial charge in [0, 0.05) is 6.42 Å². The van der Waals surface area contributed by atoms with Crippen molar-refractivity contribution in [2.45, 2.75) is 70.6 Å². The van der Waals surface area contributed by atoms with E-state index in [1.807, 2.05) is 30.3 Å². The minimum absolute atomic E-state index is 0.200. The van der Waals surface area contributed by atoms with Crippen LogP contribution in [-0.4, -0.2) is 59.5 Å². The van der Waals surface area contributed by atoms with E-state index in [9.17, 15) is 19.2 Å². The second-order valence-electron chi connectivity index (χ2n) is 8.44. The Kier molecular flexibility index (Phi) is 12.1. The maximum absolute atomic E-state index is 13.1. The Balaban J connectivity index is 2.97. The maximum Gasteiger partial charge on any atom is 0.325 e. The van der Waals surface area contributed by atoms with Crippen LogP contribution in [0.25, 0.3) is 0 Å². The van der Waals surface area contributed by atoms with Crippen LogP contribution in [0.2, 0.25) is 0 Å². The molecule has 33 heavy (non-hydrogen) atoms. The fraction of sp³-hybridized carbons (Fsp3) is 0.565. The first kappa shape index (κ1) is 28.1. The summed E-state index contributed by atoms with van der Waals surface area (Å²) in [6.45, 7) is 5.30. The van der Waals surface area contributed by atoms with Crippen LogP contribution in [0.1, 0.15) is 45.6 Å². The molecule has 10 nitrogen and oxygen atoms in total. The van der Waals surface area contributed by atoms with Gasteiger partial charge < -0.3 is 32.5 Å². The van der Waals surface area contributed by atoms with Crippen molar-refractivity contribution in [3.63, 3.8) is 0 Å². The lowest BCUT2D eigenvalue weighted by Gasteiger charge is -2.26. The molecule has 0 radical (unpaired) electrons. The lowest BCUT2D eigenvalue weighted by molar-refractivity contribution is -0.142. The number of carbonyl (C=O) groups is 4. The number of nitrogens with two attached hydrogens (primary N) is 2. The molecule has 0 saturated heterocycles. The minimum Gasteiger partial charge on any atom is -0.480 e. The highest BCUT2D eigenvalue weighted by molar-refractivity contribution is 5.94. The Bertz CT molecular complexity index is 787. The topological polar surface area (TPSA) is 177 Å². The number of carboxylic acids is 1. The third-order valence-corrected chi connectivity index (χ3v) is 5.20. The summed E-state index contributed by atoms with van der Waals surface area (Å²) < 4.78 is 0. The first-order valence-corrected chi connectivity index (χ1v) is 11.2. The molecule has 1 aromatic rings. The largest absolute Gasteiger partial charge is 0.480 e.